The number of fused-ring (bicyclic) bond motifs is 19. The number of para-hydroxylation sites is 1. The molecular weight excluding hydrogens is 717 g/mol. The Bertz CT molecular complexity index is 3750. The molecule has 2 aromatic heterocycles. The van der Waals surface area contributed by atoms with Gasteiger partial charge in [0.2, 0.25) is 0 Å². The van der Waals surface area contributed by atoms with Gasteiger partial charge in [0.05, 0.1) is 5.41 Å². The molecule has 272 valence electrons. The maximum atomic E-state index is 6.68. The molecule has 0 amide bonds. The molecule has 2 heterocycles. The van der Waals surface area contributed by atoms with Crippen LogP contribution in [0.3, 0.4) is 0 Å². The average Bonchev–Trinajstić information content (AvgIpc) is 4.02. The van der Waals surface area contributed by atoms with Gasteiger partial charge in [0.1, 0.15) is 22.3 Å². The van der Waals surface area contributed by atoms with E-state index in [9.17, 15) is 0 Å². The Morgan fingerprint density at radius 1 is 0.305 bits per heavy atom. The van der Waals surface area contributed by atoms with E-state index in [1.165, 1.54) is 71.6 Å². The van der Waals surface area contributed by atoms with E-state index in [0.29, 0.717) is 0 Å². The van der Waals surface area contributed by atoms with Crippen LogP contribution in [0.15, 0.2) is 203 Å². The lowest BCUT2D eigenvalue weighted by Crippen LogP contribution is -2.26. The first-order valence-corrected chi connectivity index (χ1v) is 20.4. The molecular formula is C57H32O2. The van der Waals surface area contributed by atoms with Crippen molar-refractivity contribution in [1.29, 1.82) is 0 Å². The van der Waals surface area contributed by atoms with Gasteiger partial charge in [-0.3, -0.25) is 0 Å². The second-order valence-corrected chi connectivity index (χ2v) is 16.3. The van der Waals surface area contributed by atoms with Gasteiger partial charge in [0.15, 0.2) is 0 Å². The molecule has 0 fully saturated rings. The summed E-state index contributed by atoms with van der Waals surface area (Å²) in [6, 6.07) is 71.5. The second kappa shape index (κ2) is 11.2. The third-order valence-electron chi connectivity index (χ3n) is 13.4. The third kappa shape index (κ3) is 4.00. The zero-order valence-electron chi connectivity index (χ0n) is 31.8. The van der Waals surface area contributed by atoms with E-state index in [1.54, 1.807) is 0 Å². The van der Waals surface area contributed by atoms with Gasteiger partial charge in [0, 0.05) is 21.5 Å². The van der Waals surface area contributed by atoms with E-state index < -0.39 is 5.41 Å². The molecule has 2 aliphatic carbocycles. The van der Waals surface area contributed by atoms with Crippen molar-refractivity contribution < 1.29 is 8.83 Å². The summed E-state index contributed by atoms with van der Waals surface area (Å²) < 4.78 is 13.3. The number of rotatable bonds is 2. The van der Waals surface area contributed by atoms with Crippen LogP contribution in [0.1, 0.15) is 22.3 Å². The molecule has 2 aliphatic rings. The topological polar surface area (TPSA) is 26.3 Å². The fourth-order valence-electron chi connectivity index (χ4n) is 11.1. The summed E-state index contributed by atoms with van der Waals surface area (Å²) in [5.74, 6) is 0. The van der Waals surface area contributed by atoms with Crippen LogP contribution in [0.2, 0.25) is 0 Å². The third-order valence-corrected chi connectivity index (χ3v) is 13.4. The highest BCUT2D eigenvalue weighted by Gasteiger charge is 2.53. The summed E-state index contributed by atoms with van der Waals surface area (Å²) in [6.45, 7) is 0. The van der Waals surface area contributed by atoms with Crippen LogP contribution in [-0.2, 0) is 5.41 Å². The molecule has 0 unspecified atom stereocenters. The van der Waals surface area contributed by atoms with Gasteiger partial charge in [-0.2, -0.15) is 0 Å². The first-order chi connectivity index (χ1) is 29.2. The first kappa shape index (κ1) is 31.4. The molecule has 0 atom stereocenters. The number of furan rings is 2. The minimum atomic E-state index is -0.560. The zero-order chi connectivity index (χ0) is 38.4. The minimum absolute atomic E-state index is 0.560. The highest BCUT2D eigenvalue weighted by molar-refractivity contribution is 6.17. The van der Waals surface area contributed by atoms with Crippen LogP contribution in [0.25, 0.3) is 110 Å². The highest BCUT2D eigenvalue weighted by atomic mass is 16.3. The van der Waals surface area contributed by atoms with Crippen molar-refractivity contribution in [1.82, 2.24) is 0 Å². The molecule has 0 radical (unpaired) electrons. The average molecular weight is 749 g/mol. The molecule has 14 rings (SSSR count). The standard InChI is InChI=1S/C57H32O2/c1-2-14-35-31-53-46(28-34(35)13-1)55-38(19-11-23-51(55)59-53)37-29-45(36-25-26-43-42-18-7-10-22-50(42)58-52(43)32-36)54-44-27-24-33-12-3-4-15-39(33)56(44)57(49(54)30-37)47-20-8-5-16-40(47)41-17-6-9-21-48(41)57/h1-32H. The Balaban J connectivity index is 1.16. The molecule has 12 aromatic rings. The predicted molar refractivity (Wildman–Crippen MR) is 243 cm³/mol. The minimum Gasteiger partial charge on any atom is -0.456 e. The van der Waals surface area contributed by atoms with Gasteiger partial charge in [-0.15, -0.1) is 0 Å². The lowest BCUT2D eigenvalue weighted by Gasteiger charge is -2.32. The van der Waals surface area contributed by atoms with Crippen LogP contribution in [0.4, 0.5) is 0 Å². The SMILES string of the molecule is c1ccc2c(c1)-c1ccccc1C21c2cc(-c3cccc4oc5cc6ccccc6cc5c34)cc(-c3ccc4c(c3)oc3ccccc34)c2-c2ccc3ccccc3c21. The molecule has 0 saturated heterocycles. The second-order valence-electron chi connectivity index (χ2n) is 16.3. The molecule has 59 heavy (non-hydrogen) atoms. The monoisotopic (exact) mass is 748 g/mol. The number of hydrogen-bond donors (Lipinski definition) is 0. The van der Waals surface area contributed by atoms with Crippen molar-refractivity contribution in [3.8, 4) is 44.5 Å². The smallest absolute Gasteiger partial charge is 0.136 e. The van der Waals surface area contributed by atoms with E-state index in [4.69, 9.17) is 8.83 Å². The fourth-order valence-corrected chi connectivity index (χ4v) is 11.1. The molecule has 1 spiro atoms. The summed E-state index contributed by atoms with van der Waals surface area (Å²) in [6.07, 6.45) is 0. The molecule has 10 aromatic carbocycles. The van der Waals surface area contributed by atoms with Gasteiger partial charge >= 0.3 is 0 Å². The number of hydrogen-bond acceptors (Lipinski definition) is 2. The van der Waals surface area contributed by atoms with E-state index in [0.717, 1.165) is 60.6 Å². The zero-order valence-corrected chi connectivity index (χ0v) is 31.8. The van der Waals surface area contributed by atoms with Crippen molar-refractivity contribution in [2.75, 3.05) is 0 Å². The summed E-state index contributed by atoms with van der Waals surface area (Å²) in [4.78, 5) is 0. The van der Waals surface area contributed by atoms with Crippen molar-refractivity contribution in [3.63, 3.8) is 0 Å². The van der Waals surface area contributed by atoms with Crippen LogP contribution in [0, 0.1) is 0 Å². The first-order valence-electron chi connectivity index (χ1n) is 20.4. The van der Waals surface area contributed by atoms with Gasteiger partial charge in [-0.05, 0) is 137 Å². The molecule has 0 saturated carbocycles. The van der Waals surface area contributed by atoms with Crippen LogP contribution in [0.5, 0.6) is 0 Å². The Morgan fingerprint density at radius 3 is 1.76 bits per heavy atom. The molecule has 0 bridgehead atoms. The largest absolute Gasteiger partial charge is 0.456 e. The Labute approximate surface area is 339 Å². The Morgan fingerprint density at radius 2 is 0.932 bits per heavy atom. The Hall–Kier alpha value is -7.68. The molecule has 0 aliphatic heterocycles. The summed E-state index contributed by atoms with van der Waals surface area (Å²) >= 11 is 0. The van der Waals surface area contributed by atoms with Crippen LogP contribution < -0.4 is 0 Å². The van der Waals surface area contributed by atoms with Gasteiger partial charge in [-0.25, -0.2) is 0 Å². The van der Waals surface area contributed by atoms with Crippen LogP contribution in [-0.4, -0.2) is 0 Å². The Kier molecular flexibility index (Phi) is 5.99. The van der Waals surface area contributed by atoms with Gasteiger partial charge < -0.3 is 8.83 Å². The van der Waals surface area contributed by atoms with E-state index >= 15 is 0 Å². The molecule has 0 N–H and O–H groups in total. The quantitative estimate of drug-likeness (QED) is 0.176. The van der Waals surface area contributed by atoms with Gasteiger partial charge in [0.25, 0.3) is 0 Å². The maximum Gasteiger partial charge on any atom is 0.136 e. The summed E-state index contributed by atoms with van der Waals surface area (Å²) in [7, 11) is 0. The van der Waals surface area contributed by atoms with Gasteiger partial charge in [-0.1, -0.05) is 146 Å². The van der Waals surface area contributed by atoms with Crippen molar-refractivity contribution >= 4 is 65.4 Å². The summed E-state index contributed by atoms with van der Waals surface area (Å²) in [5.41, 5.74) is 18.1. The van der Waals surface area contributed by atoms with Crippen molar-refractivity contribution in [2.24, 2.45) is 0 Å². The maximum absolute atomic E-state index is 6.68. The lowest BCUT2D eigenvalue weighted by molar-refractivity contribution is 0.669. The highest BCUT2D eigenvalue weighted by Crippen LogP contribution is 2.66. The van der Waals surface area contributed by atoms with Crippen molar-refractivity contribution in [3.05, 3.63) is 216 Å². The van der Waals surface area contributed by atoms with Crippen molar-refractivity contribution in [2.45, 2.75) is 5.41 Å². The lowest BCUT2D eigenvalue weighted by atomic mass is 9.69. The normalized spacial score (nSPS) is 13.6. The summed E-state index contributed by atoms with van der Waals surface area (Å²) in [5, 5.41) is 9.42. The molecule has 2 heteroatoms. The predicted octanol–water partition coefficient (Wildman–Crippen LogP) is 15.5. The van der Waals surface area contributed by atoms with E-state index in [1.807, 2.05) is 6.07 Å². The van der Waals surface area contributed by atoms with E-state index in [2.05, 4.69) is 188 Å². The van der Waals surface area contributed by atoms with E-state index in [-0.39, 0.29) is 0 Å². The fraction of sp³-hybridized carbons (Fsp3) is 0.0175. The number of benzene rings is 10. The molecule has 2 nitrogen and oxygen atoms in total. The van der Waals surface area contributed by atoms with Crippen LogP contribution >= 0.6 is 0 Å².